The van der Waals surface area contributed by atoms with Gasteiger partial charge in [0.1, 0.15) is 0 Å². The molecule has 2 aromatic carbocycles. The van der Waals surface area contributed by atoms with Crippen molar-refractivity contribution in [3.8, 4) is 11.4 Å². The summed E-state index contributed by atoms with van der Waals surface area (Å²) < 4.78 is 4.28. The second-order valence-electron chi connectivity index (χ2n) is 6.47. The zero-order valence-corrected chi connectivity index (χ0v) is 16.1. The van der Waals surface area contributed by atoms with Gasteiger partial charge in [0.05, 0.1) is 11.9 Å². The predicted molar refractivity (Wildman–Crippen MR) is 110 cm³/mol. The minimum Gasteiger partial charge on any atom is -0.337 e. The maximum Gasteiger partial charge on any atom is 0.253 e. The van der Waals surface area contributed by atoms with Crippen LogP contribution in [-0.2, 0) is 6.54 Å². The van der Waals surface area contributed by atoms with Crippen LogP contribution in [0.4, 0.5) is 0 Å². The number of hydrogen-bond acceptors (Lipinski definition) is 3. The molecule has 0 unspecified atom stereocenters. The topological polar surface area (TPSA) is 58.9 Å². The van der Waals surface area contributed by atoms with Crippen molar-refractivity contribution in [2.75, 3.05) is 7.05 Å². The maximum atomic E-state index is 12.8. The Morgan fingerprint density at radius 3 is 2.54 bits per heavy atom. The minimum absolute atomic E-state index is 0.0447. The Labute approximate surface area is 167 Å². The lowest BCUT2D eigenvalue weighted by atomic mass is 10.1. The zero-order chi connectivity index (χ0) is 19.5. The van der Waals surface area contributed by atoms with Crippen LogP contribution in [0.3, 0.4) is 0 Å². The van der Waals surface area contributed by atoms with E-state index >= 15 is 0 Å². The molecule has 0 atom stereocenters. The van der Waals surface area contributed by atoms with E-state index in [4.69, 9.17) is 12.2 Å². The number of rotatable bonds is 5. The Hall–Kier alpha value is -3.45. The number of benzene rings is 2. The highest BCUT2D eigenvalue weighted by molar-refractivity contribution is 7.71. The van der Waals surface area contributed by atoms with Gasteiger partial charge in [-0.3, -0.25) is 9.36 Å². The fourth-order valence-electron chi connectivity index (χ4n) is 3.02. The third-order valence-electron chi connectivity index (χ3n) is 4.46. The van der Waals surface area contributed by atoms with E-state index in [-0.39, 0.29) is 5.91 Å². The van der Waals surface area contributed by atoms with Gasteiger partial charge in [-0.2, -0.15) is 5.10 Å². The summed E-state index contributed by atoms with van der Waals surface area (Å²) in [5.74, 6) is -0.0447. The third-order valence-corrected chi connectivity index (χ3v) is 4.78. The molecule has 1 amide bonds. The SMILES string of the molecule is CN(Cc1cnn(-c2ccccc2)c1)C(=O)c1ccc(-n2cc[nH]c2=S)cc1. The Morgan fingerprint density at radius 2 is 1.86 bits per heavy atom. The van der Waals surface area contributed by atoms with E-state index in [0.717, 1.165) is 16.9 Å². The molecule has 2 heterocycles. The minimum atomic E-state index is -0.0447. The van der Waals surface area contributed by atoms with Crippen LogP contribution in [-0.4, -0.2) is 37.2 Å². The highest BCUT2D eigenvalue weighted by atomic mass is 32.1. The van der Waals surface area contributed by atoms with E-state index < -0.39 is 0 Å². The van der Waals surface area contributed by atoms with Gasteiger partial charge in [0, 0.05) is 49.0 Å². The van der Waals surface area contributed by atoms with Crippen molar-refractivity contribution >= 4 is 18.1 Å². The van der Waals surface area contributed by atoms with Gasteiger partial charge in [-0.05, 0) is 48.6 Å². The number of amides is 1. The molecule has 0 radical (unpaired) electrons. The Bertz CT molecular complexity index is 1140. The van der Waals surface area contributed by atoms with Gasteiger partial charge in [-0.15, -0.1) is 0 Å². The summed E-state index contributed by atoms with van der Waals surface area (Å²) in [4.78, 5) is 17.4. The lowest BCUT2D eigenvalue weighted by Gasteiger charge is -2.16. The molecule has 4 rings (SSSR count). The summed E-state index contributed by atoms with van der Waals surface area (Å²) >= 11 is 5.23. The van der Waals surface area contributed by atoms with Crippen LogP contribution in [0.2, 0.25) is 0 Å². The van der Waals surface area contributed by atoms with E-state index in [1.54, 1.807) is 24.3 Å². The van der Waals surface area contributed by atoms with Crippen molar-refractivity contribution in [1.29, 1.82) is 0 Å². The molecule has 7 heteroatoms. The van der Waals surface area contributed by atoms with E-state index in [1.807, 2.05) is 76.2 Å². The molecular formula is C21H19N5OS. The number of carbonyl (C=O) groups excluding carboxylic acids is 1. The molecule has 2 aromatic heterocycles. The summed E-state index contributed by atoms with van der Waals surface area (Å²) in [6.45, 7) is 0.482. The van der Waals surface area contributed by atoms with Gasteiger partial charge in [0.15, 0.2) is 4.77 Å². The number of hydrogen-bond donors (Lipinski definition) is 1. The molecule has 0 aliphatic carbocycles. The number of imidazole rings is 1. The van der Waals surface area contributed by atoms with Crippen LogP contribution >= 0.6 is 12.2 Å². The average molecular weight is 389 g/mol. The molecule has 0 saturated heterocycles. The summed E-state index contributed by atoms with van der Waals surface area (Å²) in [6.07, 6.45) is 7.36. The van der Waals surface area contributed by atoms with E-state index in [2.05, 4.69) is 10.1 Å². The summed E-state index contributed by atoms with van der Waals surface area (Å²) in [5.41, 5.74) is 3.50. The molecule has 4 aromatic rings. The standard InChI is InChI=1S/C21H19N5OS/c1-24(14-16-13-23-26(15-16)19-5-3-2-4-6-19)20(27)17-7-9-18(10-8-17)25-12-11-22-21(25)28/h2-13,15H,14H2,1H3,(H,22,28). The molecule has 6 nitrogen and oxygen atoms in total. The number of para-hydroxylation sites is 1. The van der Waals surface area contributed by atoms with E-state index in [1.165, 1.54) is 0 Å². The molecule has 28 heavy (non-hydrogen) atoms. The van der Waals surface area contributed by atoms with Gasteiger partial charge in [0.25, 0.3) is 5.91 Å². The van der Waals surface area contributed by atoms with Gasteiger partial charge in [-0.25, -0.2) is 4.68 Å². The van der Waals surface area contributed by atoms with Crippen LogP contribution < -0.4 is 0 Å². The predicted octanol–water partition coefficient (Wildman–Crippen LogP) is 3.99. The number of H-pyrrole nitrogens is 1. The first-order valence-corrected chi connectivity index (χ1v) is 9.23. The van der Waals surface area contributed by atoms with Crippen molar-refractivity contribution in [3.63, 3.8) is 0 Å². The quantitative estimate of drug-likeness (QED) is 0.525. The summed E-state index contributed by atoms with van der Waals surface area (Å²) in [7, 11) is 1.79. The largest absolute Gasteiger partial charge is 0.337 e. The van der Waals surface area contributed by atoms with Gasteiger partial charge >= 0.3 is 0 Å². The number of nitrogens with one attached hydrogen (secondary N) is 1. The van der Waals surface area contributed by atoms with Crippen molar-refractivity contribution < 1.29 is 4.79 Å². The van der Waals surface area contributed by atoms with Crippen molar-refractivity contribution in [2.45, 2.75) is 6.54 Å². The smallest absolute Gasteiger partial charge is 0.253 e. The van der Waals surface area contributed by atoms with Crippen LogP contribution in [0.1, 0.15) is 15.9 Å². The van der Waals surface area contributed by atoms with Crippen LogP contribution in [0.25, 0.3) is 11.4 Å². The highest BCUT2D eigenvalue weighted by Gasteiger charge is 2.13. The summed E-state index contributed by atoms with van der Waals surface area (Å²) in [6, 6.07) is 17.3. The Balaban J connectivity index is 1.46. The van der Waals surface area contributed by atoms with Crippen LogP contribution in [0, 0.1) is 4.77 Å². The second kappa shape index (κ2) is 7.66. The third kappa shape index (κ3) is 3.65. The van der Waals surface area contributed by atoms with Crippen molar-refractivity contribution in [2.24, 2.45) is 0 Å². The lowest BCUT2D eigenvalue weighted by Crippen LogP contribution is -2.26. The maximum absolute atomic E-state index is 12.8. The first-order chi connectivity index (χ1) is 13.6. The Morgan fingerprint density at radius 1 is 1.11 bits per heavy atom. The molecule has 0 aliphatic rings. The number of nitrogens with zero attached hydrogens (tertiary/aromatic N) is 4. The van der Waals surface area contributed by atoms with Gasteiger partial charge < -0.3 is 9.88 Å². The average Bonchev–Trinajstić information content (AvgIpc) is 3.37. The van der Waals surface area contributed by atoms with Crippen molar-refractivity contribution in [3.05, 3.63) is 95.3 Å². The number of aromatic nitrogens is 4. The number of aromatic amines is 1. The molecule has 0 bridgehead atoms. The van der Waals surface area contributed by atoms with Crippen LogP contribution in [0.5, 0.6) is 0 Å². The Kier molecular flexibility index (Phi) is 4.90. The molecule has 1 N–H and O–H groups in total. The highest BCUT2D eigenvalue weighted by Crippen LogP contribution is 2.14. The van der Waals surface area contributed by atoms with E-state index in [9.17, 15) is 4.79 Å². The molecule has 0 saturated carbocycles. The van der Waals surface area contributed by atoms with Crippen LogP contribution in [0.15, 0.2) is 79.4 Å². The zero-order valence-electron chi connectivity index (χ0n) is 15.3. The molecule has 0 fully saturated rings. The van der Waals surface area contributed by atoms with Crippen molar-refractivity contribution in [1.82, 2.24) is 24.2 Å². The monoisotopic (exact) mass is 389 g/mol. The first-order valence-electron chi connectivity index (χ1n) is 8.83. The lowest BCUT2D eigenvalue weighted by molar-refractivity contribution is 0.0785. The molecular weight excluding hydrogens is 370 g/mol. The molecule has 0 aliphatic heterocycles. The molecule has 0 spiro atoms. The van der Waals surface area contributed by atoms with Gasteiger partial charge in [0.2, 0.25) is 0 Å². The number of carbonyl (C=O) groups is 1. The normalized spacial score (nSPS) is 10.8. The fraction of sp³-hybridized carbons (Fsp3) is 0.0952. The first kappa shape index (κ1) is 17.9. The van der Waals surface area contributed by atoms with Gasteiger partial charge in [-0.1, -0.05) is 18.2 Å². The molecule has 140 valence electrons. The summed E-state index contributed by atoms with van der Waals surface area (Å²) in [5, 5.41) is 4.38. The second-order valence-corrected chi connectivity index (χ2v) is 6.86. The van der Waals surface area contributed by atoms with E-state index in [0.29, 0.717) is 16.9 Å². The fourth-order valence-corrected chi connectivity index (χ4v) is 3.25.